The first kappa shape index (κ1) is 50.1. The van der Waals surface area contributed by atoms with Crippen LogP contribution in [0, 0.1) is 62.2 Å². The van der Waals surface area contributed by atoms with Gasteiger partial charge in [0.15, 0.2) is 0 Å². The van der Waals surface area contributed by atoms with Crippen LogP contribution in [0.4, 0.5) is 34.1 Å². The van der Waals surface area contributed by atoms with Crippen LogP contribution in [0.3, 0.4) is 0 Å². The lowest BCUT2D eigenvalue weighted by Gasteiger charge is -2.11. The average Bonchev–Trinajstić information content (AvgIpc) is 1.77. The topological polar surface area (TPSA) is 277 Å². The van der Waals surface area contributed by atoms with Gasteiger partial charge in [0.2, 0.25) is 16.9 Å². The summed E-state index contributed by atoms with van der Waals surface area (Å²) in [6.07, 6.45) is 6.67. The molecule has 9 aromatic heterocycles. The second kappa shape index (κ2) is 32.9. The van der Waals surface area contributed by atoms with E-state index in [1.54, 1.807) is 68.7 Å². The number of H-pyrrole nitrogens is 3. The molecule has 9 heterocycles. The van der Waals surface area contributed by atoms with Gasteiger partial charge in [-0.3, -0.25) is 29.3 Å². The molecule has 0 bridgehead atoms. The molecule has 108 heavy (non-hydrogen) atoms. The maximum absolute atomic E-state index is 13.4. The summed E-state index contributed by atoms with van der Waals surface area (Å²) in [7, 11) is 0. The molecule has 0 spiro atoms. The molecule has 15 aromatic rings. The van der Waals surface area contributed by atoms with Crippen molar-refractivity contribution < 1.29 is 43.2 Å². The van der Waals surface area contributed by atoms with E-state index in [0.717, 1.165) is 50.6 Å². The van der Waals surface area contributed by atoms with Gasteiger partial charge in [0.1, 0.15) is 0 Å². The molecule has 0 aliphatic heterocycles. The van der Waals surface area contributed by atoms with E-state index in [9.17, 15) is 14.4 Å². The standard InChI is InChI=1S/2C29H26N6O.C28H25N7O/c2*1-19-9-12-35(18-19)25-14-20(2)13-24(16-25)32-28(36)22-7-6-21(3)27(15-22)34-29-31-11-8-26(33-29)23-5-4-10-30-17-23;1-18-11-23(14-24(12-18)35-16-20(3)31-17-35)32-27(36)21-7-6-19(2)26(13-21)34-28-30-10-8-25(33-28)22-5-4-9-29-15-22/h2*4-18H,1-3H3,(H,32,36)(H,31,33,34);4-17H,1-3H3,(H,32,36)(H,30,33,34)/i3D3,4D,5D,8D,10D,11D,17D;4D,5D,8D,10D,11D,17D;4D,5D,8D,9D,10D,15D. The molecule has 0 fully saturated rings. The van der Waals surface area contributed by atoms with E-state index in [0.29, 0.717) is 50.7 Å². The summed E-state index contributed by atoms with van der Waals surface area (Å²) < 4.78 is 175. The number of hydrogen-bond donors (Lipinski definition) is 6. The minimum absolute atomic E-state index is 0.0843. The molecule has 0 radical (unpaired) electrons. The number of nitrogens with one attached hydrogen (secondary N) is 6. The molecule has 3 amide bonds. The van der Waals surface area contributed by atoms with E-state index < -0.39 is 123 Å². The number of benzene rings is 6. The Morgan fingerprint density at radius 3 is 1.09 bits per heavy atom. The first-order valence-electron chi connectivity index (χ1n) is 43.6. The maximum atomic E-state index is 13.4. The molecule has 22 heteroatoms. The zero-order valence-corrected chi connectivity index (χ0v) is 59.0. The van der Waals surface area contributed by atoms with Crippen molar-refractivity contribution in [1.29, 1.82) is 0 Å². The van der Waals surface area contributed by atoms with Gasteiger partial charge in [-0.2, -0.15) is 0 Å². The van der Waals surface area contributed by atoms with Gasteiger partial charge in [0.05, 0.1) is 70.8 Å². The lowest BCUT2D eigenvalue weighted by atomic mass is 10.1. The summed E-state index contributed by atoms with van der Waals surface area (Å²) in [6, 6.07) is 30.3. The third-order valence-electron chi connectivity index (χ3n) is 16.0. The lowest BCUT2D eigenvalue weighted by molar-refractivity contribution is 0.101. The van der Waals surface area contributed by atoms with Gasteiger partial charge in [-0.15, -0.1) is 0 Å². The van der Waals surface area contributed by atoms with Gasteiger partial charge < -0.3 is 44.6 Å². The molecule has 0 aliphatic carbocycles. The summed E-state index contributed by atoms with van der Waals surface area (Å²) in [4.78, 5) is 88.4. The Hall–Kier alpha value is -14.4. The van der Waals surface area contributed by atoms with Crippen LogP contribution >= 0.6 is 0 Å². The summed E-state index contributed by atoms with van der Waals surface area (Å²) in [5.41, 5.74) is 10.9. The van der Waals surface area contributed by atoms with Gasteiger partial charge in [0.25, 0.3) is 17.7 Å². The number of carbonyl (C=O) groups excluding carboxylic acids is 3. The Balaban J connectivity index is 0.000000165. The molecule has 6 aromatic carbocycles. The fourth-order valence-corrected chi connectivity index (χ4v) is 10.8. The highest BCUT2D eigenvalue weighted by atomic mass is 16.2. The third kappa shape index (κ3) is 18.5. The van der Waals surface area contributed by atoms with Crippen molar-refractivity contribution in [2.75, 3.05) is 16.0 Å². The van der Waals surface area contributed by atoms with E-state index in [-0.39, 0.29) is 79.3 Å². The summed E-state index contributed by atoms with van der Waals surface area (Å²) in [5.74, 6) is -1.26. The molecule has 0 atom stereocenters. The number of imidazole rings is 1. The van der Waals surface area contributed by atoms with Crippen LogP contribution in [0.5, 0.6) is 0 Å². The molecule has 0 unspecified atom stereocenters. The molecular formula is C86H77N19O3. The minimum atomic E-state index is -2.65. The van der Waals surface area contributed by atoms with Crippen molar-refractivity contribution >= 4 is 51.8 Å². The highest BCUT2D eigenvalue weighted by molar-refractivity contribution is 6.06. The Kier molecular flexibility index (Phi) is 15.3. The predicted molar refractivity (Wildman–Crippen MR) is 422 cm³/mol. The van der Waals surface area contributed by atoms with Crippen molar-refractivity contribution in [3.63, 3.8) is 0 Å². The average molecular weight is 1450 g/mol. The largest absolute Gasteiger partial charge is 0.324 e. The van der Waals surface area contributed by atoms with Crippen molar-refractivity contribution in [3.8, 4) is 50.8 Å². The number of aromatic nitrogens is 13. The zero-order valence-electron chi connectivity index (χ0n) is 80.0. The van der Waals surface area contributed by atoms with Gasteiger partial charge in [0, 0.05) is 158 Å². The number of hydrogen-bond acceptors (Lipinski definition) is 13. The lowest BCUT2D eigenvalue weighted by Crippen LogP contribution is -2.14. The van der Waals surface area contributed by atoms with Crippen LogP contribution in [-0.2, 0) is 0 Å². The van der Waals surface area contributed by atoms with Crippen LogP contribution < -0.4 is 32.8 Å². The molecule has 0 saturated carbocycles. The summed E-state index contributed by atoms with van der Waals surface area (Å²) in [5, 5.41) is 8.70. The van der Waals surface area contributed by atoms with E-state index in [4.69, 9.17) is 28.8 Å². The minimum Gasteiger partial charge on any atom is -0.324 e. The zero-order chi connectivity index (χ0) is 93.4. The maximum Gasteiger partial charge on any atom is 0.255 e. The highest BCUT2D eigenvalue weighted by Crippen LogP contribution is 2.28. The fraction of sp³-hybridized carbons (Fsp3) is 0.105. The number of nitrogens with zero attached hydrogens (tertiary/aromatic N) is 13. The second-order valence-electron chi connectivity index (χ2n) is 24.6. The highest BCUT2D eigenvalue weighted by Gasteiger charge is 2.16. The monoisotopic (exact) mass is 1440 g/mol. The Morgan fingerprint density at radius 2 is 0.750 bits per heavy atom. The van der Waals surface area contributed by atoms with E-state index >= 15 is 0 Å². The first-order valence-corrected chi connectivity index (χ1v) is 33.1. The van der Waals surface area contributed by atoms with E-state index in [1.807, 2.05) is 141 Å². The molecule has 534 valence electrons. The van der Waals surface area contributed by atoms with Crippen LogP contribution in [0.2, 0.25) is 0 Å². The molecule has 0 saturated heterocycles. The molecule has 22 nitrogen and oxygen atoms in total. The first-order chi connectivity index (χ1) is 60.9. The number of amides is 3. The summed E-state index contributed by atoms with van der Waals surface area (Å²) >= 11 is 0. The van der Waals surface area contributed by atoms with Gasteiger partial charge in [-0.05, 0) is 264 Å². The van der Waals surface area contributed by atoms with Crippen LogP contribution in [-0.4, -0.2) is 81.3 Å². The quantitative estimate of drug-likeness (QED) is 0.0564. The smallest absolute Gasteiger partial charge is 0.255 e. The predicted octanol–water partition coefficient (Wildman–Crippen LogP) is 16.4. The summed E-state index contributed by atoms with van der Waals surface area (Å²) in [6.45, 7) is 12.6. The number of aryl methyl sites for hydroxylation is 9. The van der Waals surface area contributed by atoms with Crippen molar-refractivity contribution in [2.45, 2.75) is 62.2 Å². The van der Waals surface area contributed by atoms with Crippen molar-refractivity contribution in [1.82, 2.24) is 63.5 Å². The Morgan fingerprint density at radius 1 is 0.389 bits per heavy atom. The van der Waals surface area contributed by atoms with Crippen LogP contribution in [0.25, 0.3) is 50.8 Å². The van der Waals surface area contributed by atoms with E-state index in [1.165, 1.54) is 18.2 Å². The molecule has 6 N–H and O–H groups in total. The SMILES string of the molecule is [2H]c1nc(=Nc2cc(C(=O)Nc3cc(C)cc(-n4ccc(C)c4)c3)ccc2C([2H])([2H])[2H])[nH]c(-c2c([2H])nc([2H])c([2H])c2[2H])c1[2H].[2H]c1nc(=Nc2cc(C(=O)Nc3cc(C)cc(-n4ccc(C)c4)c3)ccc2C)[nH]c(-c2c([2H])nc([2H])c([2H])c2[2H])c1[2H].[2H]c1nc(=Nc2cc(C(=O)Nc3cc(C)cc(-n4cnc(C)c4)c3)ccc2C)[nH]c(-c2c([2H])nc([2H])c([2H])c2[2H])c1[2H]. The number of rotatable bonds is 15. The number of carbonyl (C=O) groups is 3. The Labute approximate surface area is 652 Å². The number of anilines is 3. The number of pyridine rings is 3. The van der Waals surface area contributed by atoms with Crippen LogP contribution in [0.15, 0.2) is 284 Å². The normalized spacial score (nSPS) is 14.3. The number of aromatic amines is 3. The van der Waals surface area contributed by atoms with Gasteiger partial charge in [-0.25, -0.2) is 34.9 Å². The molecule has 0 aliphatic rings. The fourth-order valence-electron chi connectivity index (χ4n) is 10.8. The van der Waals surface area contributed by atoms with Crippen molar-refractivity contribution in [2.24, 2.45) is 15.0 Å². The Bertz CT molecular complexity index is 7020. The van der Waals surface area contributed by atoms with E-state index in [2.05, 4.69) is 80.8 Å². The second-order valence-corrected chi connectivity index (χ2v) is 24.6. The van der Waals surface area contributed by atoms with Gasteiger partial charge in [-0.1, -0.05) is 18.2 Å². The van der Waals surface area contributed by atoms with Crippen LogP contribution in [0.1, 0.15) is 110 Å². The third-order valence-corrected chi connectivity index (χ3v) is 16.0. The molecular weight excluding hydrogens is 1350 g/mol. The van der Waals surface area contributed by atoms with Crippen molar-refractivity contribution in [3.05, 3.63) is 352 Å². The molecule has 15 rings (SSSR count). The van der Waals surface area contributed by atoms with Gasteiger partial charge >= 0.3 is 0 Å².